The zero-order chi connectivity index (χ0) is 14.5. The molecule has 1 aromatic rings. The van der Waals surface area contributed by atoms with E-state index in [1.54, 1.807) is 0 Å². The van der Waals surface area contributed by atoms with E-state index in [0.29, 0.717) is 6.04 Å². The molecule has 2 heterocycles. The Bertz CT molecular complexity index is 425. The molecule has 0 bridgehead atoms. The second-order valence-corrected chi connectivity index (χ2v) is 6.40. The highest BCUT2D eigenvalue weighted by molar-refractivity contribution is 4.96. The summed E-state index contributed by atoms with van der Waals surface area (Å²) in [5, 5.41) is 7.75. The molecule has 1 aromatic heterocycles. The van der Waals surface area contributed by atoms with E-state index in [1.165, 1.54) is 25.7 Å². The molecule has 1 saturated carbocycles. The third kappa shape index (κ3) is 4.51. The Hall–Kier alpha value is -0.940. The number of aromatic nitrogens is 2. The van der Waals surface area contributed by atoms with Crippen molar-refractivity contribution in [2.45, 2.75) is 70.4 Å². The van der Waals surface area contributed by atoms with Crippen molar-refractivity contribution in [2.24, 2.45) is 5.92 Å². The van der Waals surface area contributed by atoms with Crippen molar-refractivity contribution in [3.05, 3.63) is 11.7 Å². The molecule has 0 amide bonds. The Balaban J connectivity index is 1.51. The summed E-state index contributed by atoms with van der Waals surface area (Å²) in [5.74, 6) is 2.39. The minimum Gasteiger partial charge on any atom is -0.378 e. The van der Waals surface area contributed by atoms with Crippen LogP contribution in [0, 0.1) is 5.92 Å². The number of ether oxygens (including phenoxy) is 1. The van der Waals surface area contributed by atoms with E-state index in [2.05, 4.69) is 22.4 Å². The number of nitrogens with zero attached hydrogens (tertiary/aromatic N) is 2. The van der Waals surface area contributed by atoms with Gasteiger partial charge in [-0.25, -0.2) is 0 Å². The molecule has 2 aliphatic rings. The lowest BCUT2D eigenvalue weighted by Gasteiger charge is -2.20. The Morgan fingerprint density at radius 3 is 2.90 bits per heavy atom. The average Bonchev–Trinajstić information content (AvgIpc) is 3.26. The van der Waals surface area contributed by atoms with Crippen LogP contribution in [0.25, 0.3) is 0 Å². The molecule has 5 nitrogen and oxygen atoms in total. The molecule has 2 fully saturated rings. The summed E-state index contributed by atoms with van der Waals surface area (Å²) in [4.78, 5) is 4.56. The predicted molar refractivity (Wildman–Crippen MR) is 80.1 cm³/mol. The van der Waals surface area contributed by atoms with Gasteiger partial charge in [-0.2, -0.15) is 4.98 Å². The summed E-state index contributed by atoms with van der Waals surface area (Å²) in [6.45, 7) is 4.14. The van der Waals surface area contributed by atoms with Gasteiger partial charge in [-0.15, -0.1) is 0 Å². The average molecular weight is 293 g/mol. The van der Waals surface area contributed by atoms with Crippen LogP contribution in [0.15, 0.2) is 4.52 Å². The predicted octanol–water partition coefficient (Wildman–Crippen LogP) is 2.50. The molecule has 1 saturated heterocycles. The Morgan fingerprint density at radius 1 is 1.29 bits per heavy atom. The largest absolute Gasteiger partial charge is 0.378 e. The molecular weight excluding hydrogens is 266 g/mol. The van der Waals surface area contributed by atoms with Crippen LogP contribution >= 0.6 is 0 Å². The van der Waals surface area contributed by atoms with E-state index < -0.39 is 0 Å². The summed E-state index contributed by atoms with van der Waals surface area (Å²) in [5.41, 5.74) is 0. The molecule has 1 aliphatic heterocycles. The molecule has 0 radical (unpaired) electrons. The van der Waals surface area contributed by atoms with Gasteiger partial charge >= 0.3 is 0 Å². The van der Waals surface area contributed by atoms with Gasteiger partial charge in [0.1, 0.15) is 0 Å². The van der Waals surface area contributed by atoms with Gasteiger partial charge in [0, 0.05) is 25.5 Å². The first kappa shape index (κ1) is 15.0. The maximum Gasteiger partial charge on any atom is 0.228 e. The van der Waals surface area contributed by atoms with Gasteiger partial charge in [0.05, 0.1) is 6.10 Å². The van der Waals surface area contributed by atoms with Gasteiger partial charge in [-0.1, -0.05) is 12.1 Å². The van der Waals surface area contributed by atoms with Crippen LogP contribution in [-0.4, -0.2) is 35.4 Å². The van der Waals surface area contributed by atoms with Crippen LogP contribution in [0.3, 0.4) is 0 Å². The molecule has 21 heavy (non-hydrogen) atoms. The molecule has 2 unspecified atom stereocenters. The zero-order valence-electron chi connectivity index (χ0n) is 13.0. The van der Waals surface area contributed by atoms with Gasteiger partial charge in [0.2, 0.25) is 5.89 Å². The van der Waals surface area contributed by atoms with Crippen molar-refractivity contribution in [2.75, 3.05) is 13.2 Å². The molecular formula is C16H27N3O2. The number of nitrogens with one attached hydrogen (secondary N) is 1. The van der Waals surface area contributed by atoms with E-state index in [4.69, 9.17) is 9.26 Å². The first-order chi connectivity index (χ1) is 10.3. The van der Waals surface area contributed by atoms with Crippen LogP contribution in [0.5, 0.6) is 0 Å². The van der Waals surface area contributed by atoms with Gasteiger partial charge < -0.3 is 14.6 Å². The quantitative estimate of drug-likeness (QED) is 0.798. The van der Waals surface area contributed by atoms with Crippen LogP contribution in [0.2, 0.25) is 0 Å². The van der Waals surface area contributed by atoms with Crippen LogP contribution < -0.4 is 5.32 Å². The lowest BCUT2D eigenvalue weighted by atomic mass is 10.1. The summed E-state index contributed by atoms with van der Waals surface area (Å²) < 4.78 is 11.2. The second-order valence-electron chi connectivity index (χ2n) is 6.40. The maximum absolute atomic E-state index is 5.74. The molecule has 1 N–H and O–H groups in total. The van der Waals surface area contributed by atoms with Crippen molar-refractivity contribution in [3.63, 3.8) is 0 Å². The molecule has 5 heteroatoms. The van der Waals surface area contributed by atoms with Crippen LogP contribution in [0.1, 0.15) is 57.2 Å². The third-order valence-electron chi connectivity index (χ3n) is 4.44. The fraction of sp³-hybridized carbons (Fsp3) is 0.875. The summed E-state index contributed by atoms with van der Waals surface area (Å²) >= 11 is 0. The SMILES string of the molecule is CCCNC(Cc1nc(CC2CCCCO2)no1)C1CC1. The van der Waals surface area contributed by atoms with Crippen molar-refractivity contribution >= 4 is 0 Å². The number of hydrogen-bond donors (Lipinski definition) is 1. The standard InChI is InChI=1S/C16H27N3O2/c1-2-8-17-14(12-6-7-12)11-16-18-15(19-21-16)10-13-5-3-4-9-20-13/h12-14,17H,2-11H2,1H3. The van der Waals surface area contributed by atoms with Crippen molar-refractivity contribution in [1.29, 1.82) is 0 Å². The smallest absolute Gasteiger partial charge is 0.228 e. The Labute approximate surface area is 126 Å². The number of rotatable bonds is 8. The topological polar surface area (TPSA) is 60.2 Å². The highest BCUT2D eigenvalue weighted by Gasteiger charge is 2.32. The zero-order valence-corrected chi connectivity index (χ0v) is 13.0. The molecule has 2 atom stereocenters. The highest BCUT2D eigenvalue weighted by atomic mass is 16.5. The number of hydrogen-bond acceptors (Lipinski definition) is 5. The van der Waals surface area contributed by atoms with Gasteiger partial charge in [0.25, 0.3) is 0 Å². The van der Waals surface area contributed by atoms with E-state index in [0.717, 1.165) is 56.5 Å². The lowest BCUT2D eigenvalue weighted by molar-refractivity contribution is 0.0153. The monoisotopic (exact) mass is 293 g/mol. The van der Waals surface area contributed by atoms with Gasteiger partial charge in [-0.05, 0) is 51.0 Å². The van der Waals surface area contributed by atoms with E-state index in [1.807, 2.05) is 0 Å². The molecule has 0 aromatic carbocycles. The molecule has 1 aliphatic carbocycles. The van der Waals surface area contributed by atoms with Gasteiger partial charge in [-0.3, -0.25) is 0 Å². The van der Waals surface area contributed by atoms with E-state index in [9.17, 15) is 0 Å². The summed E-state index contributed by atoms with van der Waals surface area (Å²) in [6, 6.07) is 0.504. The third-order valence-corrected chi connectivity index (χ3v) is 4.44. The van der Waals surface area contributed by atoms with E-state index in [-0.39, 0.29) is 6.10 Å². The minimum atomic E-state index is 0.279. The fourth-order valence-electron chi connectivity index (χ4n) is 3.05. The first-order valence-electron chi connectivity index (χ1n) is 8.51. The van der Waals surface area contributed by atoms with Crippen molar-refractivity contribution in [3.8, 4) is 0 Å². The van der Waals surface area contributed by atoms with Crippen LogP contribution in [0.4, 0.5) is 0 Å². The van der Waals surface area contributed by atoms with Gasteiger partial charge in [0.15, 0.2) is 5.82 Å². The maximum atomic E-state index is 5.74. The minimum absolute atomic E-state index is 0.279. The van der Waals surface area contributed by atoms with Crippen molar-refractivity contribution in [1.82, 2.24) is 15.5 Å². The van der Waals surface area contributed by atoms with Crippen molar-refractivity contribution < 1.29 is 9.26 Å². The normalized spacial score (nSPS) is 24.1. The Morgan fingerprint density at radius 2 is 2.19 bits per heavy atom. The fourth-order valence-corrected chi connectivity index (χ4v) is 3.05. The summed E-state index contributed by atoms with van der Waals surface area (Å²) in [7, 11) is 0. The Kier molecular flexibility index (Phi) is 5.25. The summed E-state index contributed by atoms with van der Waals surface area (Å²) in [6.07, 6.45) is 9.31. The first-order valence-corrected chi connectivity index (χ1v) is 8.51. The lowest BCUT2D eigenvalue weighted by Crippen LogP contribution is -2.33. The molecule has 0 spiro atoms. The molecule has 3 rings (SSSR count). The van der Waals surface area contributed by atoms with E-state index >= 15 is 0 Å². The highest BCUT2D eigenvalue weighted by Crippen LogP contribution is 2.34. The van der Waals surface area contributed by atoms with Crippen LogP contribution in [-0.2, 0) is 17.6 Å². The second kappa shape index (κ2) is 7.36. The molecule has 118 valence electrons.